The Balaban J connectivity index is 1.70. The molecule has 1 unspecified atom stereocenters. The highest BCUT2D eigenvalue weighted by molar-refractivity contribution is 5.44. The van der Waals surface area contributed by atoms with Gasteiger partial charge < -0.3 is 19.1 Å². The van der Waals surface area contributed by atoms with E-state index in [1.165, 1.54) is 5.69 Å². The van der Waals surface area contributed by atoms with Gasteiger partial charge in [0, 0.05) is 38.6 Å². The molecule has 0 bridgehead atoms. The van der Waals surface area contributed by atoms with Gasteiger partial charge in [0.15, 0.2) is 11.5 Å². The van der Waals surface area contributed by atoms with Crippen LogP contribution >= 0.6 is 0 Å². The third kappa shape index (κ3) is 4.65. The maximum absolute atomic E-state index is 10.3. The molecule has 0 aliphatic carbocycles. The Morgan fingerprint density at radius 3 is 2.88 bits per heavy atom. The molecule has 0 radical (unpaired) electrons. The molecule has 2 heterocycles. The highest BCUT2D eigenvalue weighted by atomic mass is 16.7. The van der Waals surface area contributed by atoms with Crippen LogP contribution in [0.5, 0.6) is 11.5 Å². The highest BCUT2D eigenvalue weighted by Gasteiger charge is 2.17. The van der Waals surface area contributed by atoms with Crippen LogP contribution in [0.4, 0.5) is 0 Å². The van der Waals surface area contributed by atoms with E-state index in [9.17, 15) is 5.11 Å². The van der Waals surface area contributed by atoms with Gasteiger partial charge in [0.2, 0.25) is 6.79 Å². The van der Waals surface area contributed by atoms with Crippen LogP contribution in [0.1, 0.15) is 24.1 Å². The van der Waals surface area contributed by atoms with Crippen molar-refractivity contribution in [3.8, 4) is 11.5 Å². The lowest BCUT2D eigenvalue weighted by atomic mass is 10.1. The zero-order valence-electron chi connectivity index (χ0n) is 14.7. The number of fused-ring (bicyclic) bond motifs is 1. The minimum atomic E-state index is -0.368. The van der Waals surface area contributed by atoms with E-state index in [1.807, 2.05) is 37.5 Å². The molecule has 1 aliphatic rings. The number of rotatable bonds is 9. The summed E-state index contributed by atoms with van der Waals surface area (Å²) in [5, 5.41) is 10.3. The average molecular weight is 342 g/mol. The van der Waals surface area contributed by atoms with Crippen molar-refractivity contribution in [3.05, 3.63) is 60.4 Å². The largest absolute Gasteiger partial charge is 0.454 e. The van der Waals surface area contributed by atoms with E-state index in [0.29, 0.717) is 6.54 Å². The SMILES string of the molecule is C=CCCC(O)CN(Cc1ccc2c(c1)OCO2)Cc1cccn1C. The molecule has 3 rings (SSSR count). The summed E-state index contributed by atoms with van der Waals surface area (Å²) in [7, 11) is 2.04. The molecule has 25 heavy (non-hydrogen) atoms. The maximum Gasteiger partial charge on any atom is 0.231 e. The predicted octanol–water partition coefficient (Wildman–Crippen LogP) is 3.08. The molecule has 1 N–H and O–H groups in total. The average Bonchev–Trinajstić information content (AvgIpc) is 3.21. The second-order valence-corrected chi connectivity index (χ2v) is 6.49. The fraction of sp³-hybridized carbons (Fsp3) is 0.400. The zero-order valence-corrected chi connectivity index (χ0v) is 14.7. The number of nitrogens with zero attached hydrogens (tertiary/aromatic N) is 2. The van der Waals surface area contributed by atoms with Crippen LogP contribution in [0.25, 0.3) is 0 Å². The van der Waals surface area contributed by atoms with E-state index in [1.54, 1.807) is 0 Å². The normalized spacial score (nSPS) is 14.0. The van der Waals surface area contributed by atoms with Crippen molar-refractivity contribution in [2.75, 3.05) is 13.3 Å². The van der Waals surface area contributed by atoms with Crippen LogP contribution in [0.15, 0.2) is 49.2 Å². The van der Waals surface area contributed by atoms with Gasteiger partial charge in [-0.15, -0.1) is 6.58 Å². The molecular formula is C20H26N2O3. The molecule has 5 nitrogen and oxygen atoms in total. The molecule has 1 atom stereocenters. The Hall–Kier alpha value is -2.24. The topological polar surface area (TPSA) is 46.9 Å². The molecule has 0 saturated heterocycles. The number of ether oxygens (including phenoxy) is 2. The maximum atomic E-state index is 10.3. The van der Waals surface area contributed by atoms with E-state index in [4.69, 9.17) is 9.47 Å². The zero-order chi connectivity index (χ0) is 17.6. The van der Waals surface area contributed by atoms with Gasteiger partial charge in [-0.05, 0) is 42.7 Å². The third-order valence-corrected chi connectivity index (χ3v) is 4.45. The first-order valence-electron chi connectivity index (χ1n) is 8.65. The lowest BCUT2D eigenvalue weighted by molar-refractivity contribution is 0.0972. The van der Waals surface area contributed by atoms with E-state index in [2.05, 4.69) is 28.2 Å². The van der Waals surface area contributed by atoms with Gasteiger partial charge in [-0.3, -0.25) is 4.90 Å². The first kappa shape index (κ1) is 17.6. The van der Waals surface area contributed by atoms with Crippen LogP contribution < -0.4 is 9.47 Å². The quantitative estimate of drug-likeness (QED) is 0.712. The lowest BCUT2D eigenvalue weighted by Crippen LogP contribution is -2.32. The molecule has 0 amide bonds. The first-order chi connectivity index (χ1) is 12.2. The van der Waals surface area contributed by atoms with Crippen LogP contribution in [-0.4, -0.2) is 34.0 Å². The molecule has 0 fully saturated rings. The summed E-state index contributed by atoms with van der Waals surface area (Å²) in [6.45, 7) is 6.16. The summed E-state index contributed by atoms with van der Waals surface area (Å²) in [6.07, 6.45) is 5.08. The summed E-state index contributed by atoms with van der Waals surface area (Å²) in [5.41, 5.74) is 2.37. The van der Waals surface area contributed by atoms with E-state index < -0.39 is 0 Å². The van der Waals surface area contributed by atoms with Gasteiger partial charge in [-0.25, -0.2) is 0 Å². The van der Waals surface area contributed by atoms with Crippen LogP contribution in [-0.2, 0) is 20.1 Å². The highest BCUT2D eigenvalue weighted by Crippen LogP contribution is 2.33. The molecule has 1 aromatic carbocycles. The van der Waals surface area contributed by atoms with Crippen molar-refractivity contribution in [1.29, 1.82) is 0 Å². The van der Waals surface area contributed by atoms with Crippen LogP contribution in [0.2, 0.25) is 0 Å². The van der Waals surface area contributed by atoms with Crippen molar-refractivity contribution < 1.29 is 14.6 Å². The molecular weight excluding hydrogens is 316 g/mol. The summed E-state index contributed by atoms with van der Waals surface area (Å²) in [5.74, 6) is 1.59. The Morgan fingerprint density at radius 2 is 2.12 bits per heavy atom. The molecule has 2 aromatic rings. The number of aryl methyl sites for hydroxylation is 1. The van der Waals surface area contributed by atoms with Crippen molar-refractivity contribution in [1.82, 2.24) is 9.47 Å². The standard InChI is InChI=1S/C20H26N2O3/c1-3-4-7-18(23)14-22(13-17-6-5-10-21(17)2)12-16-8-9-19-20(11-16)25-15-24-19/h3,5-6,8-11,18,23H,1,4,7,12-15H2,2H3. The number of aromatic nitrogens is 1. The van der Waals surface area contributed by atoms with Crippen molar-refractivity contribution in [3.63, 3.8) is 0 Å². The summed E-state index contributed by atoms with van der Waals surface area (Å²) in [4.78, 5) is 2.26. The van der Waals surface area contributed by atoms with E-state index in [0.717, 1.165) is 43.0 Å². The number of benzene rings is 1. The second kappa shape index (κ2) is 8.23. The van der Waals surface area contributed by atoms with Gasteiger partial charge in [-0.1, -0.05) is 12.1 Å². The van der Waals surface area contributed by atoms with E-state index >= 15 is 0 Å². The molecule has 5 heteroatoms. The Labute approximate surface area is 149 Å². The van der Waals surface area contributed by atoms with Gasteiger partial charge in [0.1, 0.15) is 0 Å². The molecule has 0 spiro atoms. The summed E-state index contributed by atoms with van der Waals surface area (Å²) < 4.78 is 13.0. The Bertz CT molecular complexity index is 711. The second-order valence-electron chi connectivity index (χ2n) is 6.49. The van der Waals surface area contributed by atoms with Crippen LogP contribution in [0.3, 0.4) is 0 Å². The summed E-state index contributed by atoms with van der Waals surface area (Å²) >= 11 is 0. The van der Waals surface area contributed by atoms with Gasteiger partial charge in [0.05, 0.1) is 6.10 Å². The molecule has 1 aliphatic heterocycles. The fourth-order valence-electron chi connectivity index (χ4n) is 3.07. The van der Waals surface area contributed by atoms with Crippen molar-refractivity contribution >= 4 is 0 Å². The van der Waals surface area contributed by atoms with E-state index in [-0.39, 0.29) is 12.9 Å². The molecule has 1 aromatic heterocycles. The van der Waals surface area contributed by atoms with Crippen molar-refractivity contribution in [2.45, 2.75) is 32.0 Å². The summed E-state index contributed by atoms with van der Waals surface area (Å²) in [6, 6.07) is 10.2. The third-order valence-electron chi connectivity index (χ3n) is 4.45. The molecule has 0 saturated carbocycles. The number of hydrogen-bond donors (Lipinski definition) is 1. The molecule has 134 valence electrons. The van der Waals surface area contributed by atoms with Crippen LogP contribution in [0, 0.1) is 0 Å². The first-order valence-corrected chi connectivity index (χ1v) is 8.65. The predicted molar refractivity (Wildman–Crippen MR) is 97.5 cm³/mol. The fourth-order valence-corrected chi connectivity index (χ4v) is 3.07. The smallest absolute Gasteiger partial charge is 0.231 e. The number of aliphatic hydroxyl groups excluding tert-OH is 1. The minimum Gasteiger partial charge on any atom is -0.454 e. The minimum absolute atomic E-state index is 0.284. The van der Waals surface area contributed by atoms with Crippen molar-refractivity contribution in [2.24, 2.45) is 7.05 Å². The Kier molecular flexibility index (Phi) is 5.79. The van der Waals surface area contributed by atoms with Gasteiger partial charge >= 0.3 is 0 Å². The lowest BCUT2D eigenvalue weighted by Gasteiger charge is -2.25. The number of allylic oxidation sites excluding steroid dienone is 1. The van der Waals surface area contributed by atoms with Gasteiger partial charge in [-0.2, -0.15) is 0 Å². The monoisotopic (exact) mass is 342 g/mol. The number of aliphatic hydroxyl groups is 1. The number of hydrogen-bond acceptors (Lipinski definition) is 4. The Morgan fingerprint density at radius 1 is 1.28 bits per heavy atom. The van der Waals surface area contributed by atoms with Gasteiger partial charge in [0.25, 0.3) is 0 Å².